The molecule has 3 aliphatic rings. The maximum absolute atomic E-state index is 13.0. The second-order valence-corrected chi connectivity index (χ2v) is 6.23. The summed E-state index contributed by atoms with van der Waals surface area (Å²) in [4.78, 5) is 12.3. The molecule has 1 aromatic rings. The quantitative estimate of drug-likeness (QED) is 0.803. The molecule has 3 N–H and O–H groups in total. The number of fused-ring (bicyclic) bond motifs is 5. The Bertz CT molecular complexity index is 543. The van der Waals surface area contributed by atoms with Gasteiger partial charge >= 0.3 is 0 Å². The summed E-state index contributed by atoms with van der Waals surface area (Å²) in [5.41, 5.74) is 6.54. The van der Waals surface area contributed by atoms with Gasteiger partial charge in [0, 0.05) is 5.92 Å². The Balaban J connectivity index is 1.48. The number of rotatable bonds is 2. The van der Waals surface area contributed by atoms with Crippen LogP contribution in [0.2, 0.25) is 0 Å². The highest BCUT2D eigenvalue weighted by Crippen LogP contribution is 2.69. The van der Waals surface area contributed by atoms with E-state index in [1.54, 1.807) is 0 Å². The van der Waals surface area contributed by atoms with Crippen molar-refractivity contribution in [3.63, 3.8) is 0 Å². The third-order valence-electron chi connectivity index (χ3n) is 5.31. The van der Waals surface area contributed by atoms with E-state index in [-0.39, 0.29) is 17.6 Å². The third kappa shape index (κ3) is 1.58. The number of hydrogen-bond acceptors (Lipinski definition) is 2. The molecule has 0 spiro atoms. The van der Waals surface area contributed by atoms with Crippen molar-refractivity contribution in [2.45, 2.75) is 19.3 Å². The van der Waals surface area contributed by atoms with Crippen molar-refractivity contribution in [2.24, 2.45) is 29.6 Å². The molecule has 3 fully saturated rings. The zero-order valence-electron chi connectivity index (χ0n) is 10.6. The molecule has 2 bridgehead atoms. The Hall–Kier alpha value is -1.58. The molecule has 0 aromatic heterocycles. The third-order valence-corrected chi connectivity index (χ3v) is 5.31. The normalized spacial score (nSPS) is 38.1. The van der Waals surface area contributed by atoms with Crippen LogP contribution in [-0.2, 0) is 4.79 Å². The summed E-state index contributed by atoms with van der Waals surface area (Å²) in [6.45, 7) is 0. The lowest BCUT2D eigenvalue weighted by Gasteiger charge is -2.11. The number of carbonyl (C=O) groups excluding carboxylic acids is 1. The van der Waals surface area contributed by atoms with Crippen LogP contribution < -0.4 is 11.1 Å². The first kappa shape index (κ1) is 11.3. The van der Waals surface area contributed by atoms with Crippen molar-refractivity contribution in [1.82, 2.24) is 0 Å². The van der Waals surface area contributed by atoms with Crippen LogP contribution in [0.5, 0.6) is 0 Å². The summed E-state index contributed by atoms with van der Waals surface area (Å²) < 4.78 is 13.0. The Morgan fingerprint density at radius 3 is 2.58 bits per heavy atom. The molecule has 0 heterocycles. The molecule has 1 aromatic carbocycles. The van der Waals surface area contributed by atoms with Crippen LogP contribution >= 0.6 is 0 Å². The molecule has 0 saturated heterocycles. The molecule has 4 atom stereocenters. The number of nitrogens with one attached hydrogen (secondary N) is 1. The second kappa shape index (κ2) is 3.71. The van der Waals surface area contributed by atoms with Crippen molar-refractivity contribution in [3.8, 4) is 0 Å². The predicted octanol–water partition coefficient (Wildman–Crippen LogP) is 2.64. The lowest BCUT2D eigenvalue weighted by atomic mass is 10.0. The molecule has 1 amide bonds. The molecule has 0 radical (unpaired) electrons. The summed E-state index contributed by atoms with van der Waals surface area (Å²) in [6.07, 6.45) is 3.93. The van der Waals surface area contributed by atoms with E-state index in [0.29, 0.717) is 23.2 Å². The Morgan fingerprint density at radius 2 is 1.95 bits per heavy atom. The standard InChI is InChI=1S/C15H17FN2O/c16-9-3-4-11(10(17)6-9)18-15(19)14-12-7-1-2-8(5-7)13(12)14/h3-4,6-8,12-14H,1-2,5,17H2,(H,18,19). The lowest BCUT2D eigenvalue weighted by molar-refractivity contribution is -0.118. The molecule has 0 aliphatic heterocycles. The molecule has 3 aliphatic carbocycles. The number of amides is 1. The zero-order chi connectivity index (χ0) is 13.1. The number of nitrogen functional groups attached to an aromatic ring is 1. The van der Waals surface area contributed by atoms with Crippen molar-refractivity contribution in [2.75, 3.05) is 11.1 Å². The van der Waals surface area contributed by atoms with E-state index in [1.165, 1.54) is 37.5 Å². The first-order valence-electron chi connectivity index (χ1n) is 7.01. The minimum Gasteiger partial charge on any atom is -0.397 e. The second-order valence-electron chi connectivity index (χ2n) is 6.23. The van der Waals surface area contributed by atoms with Gasteiger partial charge in [0.15, 0.2) is 0 Å². The van der Waals surface area contributed by atoms with Crippen LogP contribution in [0.15, 0.2) is 18.2 Å². The van der Waals surface area contributed by atoms with Gasteiger partial charge in [-0.3, -0.25) is 4.79 Å². The first-order chi connectivity index (χ1) is 9.15. The summed E-state index contributed by atoms with van der Waals surface area (Å²) in [7, 11) is 0. The van der Waals surface area contributed by atoms with Crippen molar-refractivity contribution < 1.29 is 9.18 Å². The molecule has 4 heteroatoms. The average molecular weight is 260 g/mol. The Labute approximate surface area is 111 Å². The van der Waals surface area contributed by atoms with Crippen LogP contribution in [0.1, 0.15) is 19.3 Å². The molecule has 19 heavy (non-hydrogen) atoms. The summed E-state index contributed by atoms with van der Waals surface area (Å²) >= 11 is 0. The van der Waals surface area contributed by atoms with E-state index in [2.05, 4.69) is 5.32 Å². The SMILES string of the molecule is Nc1cc(F)ccc1NC(=O)C1C2C3CCC(C3)C12. The monoisotopic (exact) mass is 260 g/mol. The van der Waals surface area contributed by atoms with E-state index in [9.17, 15) is 9.18 Å². The van der Waals surface area contributed by atoms with Gasteiger partial charge in [-0.1, -0.05) is 0 Å². The molecule has 4 unspecified atom stereocenters. The van der Waals surface area contributed by atoms with Crippen LogP contribution in [-0.4, -0.2) is 5.91 Å². The number of anilines is 2. The van der Waals surface area contributed by atoms with Gasteiger partial charge in [0.25, 0.3) is 0 Å². The van der Waals surface area contributed by atoms with Crippen LogP contribution in [0.25, 0.3) is 0 Å². The number of carbonyl (C=O) groups is 1. The fourth-order valence-corrected chi connectivity index (χ4v) is 4.54. The van der Waals surface area contributed by atoms with Gasteiger partial charge < -0.3 is 11.1 Å². The molecule has 3 saturated carbocycles. The first-order valence-corrected chi connectivity index (χ1v) is 7.01. The van der Waals surface area contributed by atoms with E-state index in [0.717, 1.165) is 11.8 Å². The van der Waals surface area contributed by atoms with E-state index in [4.69, 9.17) is 5.73 Å². The summed E-state index contributed by atoms with van der Waals surface area (Å²) in [5, 5.41) is 2.87. The van der Waals surface area contributed by atoms with Gasteiger partial charge in [-0.15, -0.1) is 0 Å². The fraction of sp³-hybridized carbons (Fsp3) is 0.533. The number of halogens is 1. The van der Waals surface area contributed by atoms with Crippen LogP contribution in [0.4, 0.5) is 15.8 Å². The average Bonchev–Trinajstić information content (AvgIpc) is 2.82. The van der Waals surface area contributed by atoms with E-state index in [1.807, 2.05) is 0 Å². The maximum atomic E-state index is 13.0. The molecule has 4 rings (SSSR count). The van der Waals surface area contributed by atoms with Gasteiger partial charge in [-0.2, -0.15) is 0 Å². The number of benzene rings is 1. The van der Waals surface area contributed by atoms with Crippen molar-refractivity contribution in [1.29, 1.82) is 0 Å². The molecular formula is C15H17FN2O. The maximum Gasteiger partial charge on any atom is 0.228 e. The van der Waals surface area contributed by atoms with Crippen molar-refractivity contribution >= 4 is 17.3 Å². The van der Waals surface area contributed by atoms with Gasteiger partial charge in [0.1, 0.15) is 5.82 Å². The molecule has 3 nitrogen and oxygen atoms in total. The van der Waals surface area contributed by atoms with Crippen LogP contribution in [0, 0.1) is 35.4 Å². The fourth-order valence-electron chi connectivity index (χ4n) is 4.54. The lowest BCUT2D eigenvalue weighted by Crippen LogP contribution is -2.19. The summed E-state index contributed by atoms with van der Waals surface area (Å²) in [6, 6.07) is 4.10. The molecule has 100 valence electrons. The topological polar surface area (TPSA) is 55.1 Å². The highest BCUT2D eigenvalue weighted by Gasteiger charge is 2.67. The number of nitrogens with two attached hydrogens (primary N) is 1. The largest absolute Gasteiger partial charge is 0.397 e. The van der Waals surface area contributed by atoms with Crippen molar-refractivity contribution in [3.05, 3.63) is 24.0 Å². The summed E-state index contributed by atoms with van der Waals surface area (Å²) in [5.74, 6) is 2.64. The van der Waals surface area contributed by atoms with Gasteiger partial charge in [0.2, 0.25) is 5.91 Å². The molecular weight excluding hydrogens is 243 g/mol. The Morgan fingerprint density at radius 1 is 1.26 bits per heavy atom. The van der Waals surface area contributed by atoms with Crippen LogP contribution in [0.3, 0.4) is 0 Å². The predicted molar refractivity (Wildman–Crippen MR) is 70.7 cm³/mol. The minimum atomic E-state index is -0.378. The highest BCUT2D eigenvalue weighted by molar-refractivity contribution is 5.97. The zero-order valence-corrected chi connectivity index (χ0v) is 10.6. The number of hydrogen-bond donors (Lipinski definition) is 2. The smallest absolute Gasteiger partial charge is 0.228 e. The van der Waals surface area contributed by atoms with E-state index >= 15 is 0 Å². The van der Waals surface area contributed by atoms with Gasteiger partial charge in [-0.05, 0) is 61.1 Å². The highest BCUT2D eigenvalue weighted by atomic mass is 19.1. The van der Waals surface area contributed by atoms with Gasteiger partial charge in [0.05, 0.1) is 11.4 Å². The minimum absolute atomic E-state index is 0.0740. The van der Waals surface area contributed by atoms with E-state index < -0.39 is 0 Å². The van der Waals surface area contributed by atoms with Gasteiger partial charge in [-0.25, -0.2) is 4.39 Å². The Kier molecular flexibility index (Phi) is 2.20.